The van der Waals surface area contributed by atoms with Crippen LogP contribution in [0.25, 0.3) is 0 Å². The summed E-state index contributed by atoms with van der Waals surface area (Å²) in [4.78, 5) is 5.77. The Morgan fingerprint density at radius 1 is 1.47 bits per heavy atom. The largest absolute Gasteiger partial charge is 0.316 e. The summed E-state index contributed by atoms with van der Waals surface area (Å²) in [6.07, 6.45) is 4.05. The quantitative estimate of drug-likeness (QED) is 0.917. The summed E-state index contributed by atoms with van der Waals surface area (Å²) in [6, 6.07) is 5.31. The van der Waals surface area contributed by atoms with Gasteiger partial charge < -0.3 is 5.32 Å². The fourth-order valence-corrected chi connectivity index (χ4v) is 4.51. The van der Waals surface area contributed by atoms with Crippen molar-refractivity contribution in [3.63, 3.8) is 0 Å². The lowest BCUT2D eigenvalue weighted by atomic mass is 9.89. The van der Waals surface area contributed by atoms with E-state index in [1.165, 1.54) is 50.3 Å². The maximum absolute atomic E-state index is 3.52. The molecule has 2 atom stereocenters. The Morgan fingerprint density at radius 3 is 2.95 bits per heavy atom. The number of rotatable bonds is 3. The second-order valence-corrected chi connectivity index (χ2v) is 7.63. The molecule has 0 spiro atoms. The van der Waals surface area contributed by atoms with Gasteiger partial charge in [-0.05, 0) is 56.8 Å². The number of hydrogen-bond acceptors (Lipinski definition) is 3. The number of aryl methyl sites for hydroxylation is 1. The molecule has 108 valence electrons. The highest BCUT2D eigenvalue weighted by molar-refractivity contribution is 7.12. The zero-order valence-corrected chi connectivity index (χ0v) is 13.6. The predicted molar refractivity (Wildman–Crippen MR) is 85.4 cm³/mol. The highest BCUT2D eigenvalue weighted by Crippen LogP contribution is 2.38. The van der Waals surface area contributed by atoms with E-state index in [4.69, 9.17) is 0 Å². The van der Waals surface area contributed by atoms with Crippen LogP contribution in [-0.4, -0.2) is 31.1 Å². The normalized spacial score (nSPS) is 31.6. The summed E-state index contributed by atoms with van der Waals surface area (Å²) >= 11 is 1.99. The van der Waals surface area contributed by atoms with Crippen molar-refractivity contribution in [2.75, 3.05) is 26.2 Å². The number of nitrogens with zero attached hydrogens (tertiary/aromatic N) is 1. The summed E-state index contributed by atoms with van der Waals surface area (Å²) < 4.78 is 0. The third kappa shape index (κ3) is 3.33. The Kier molecular flexibility index (Phi) is 4.93. The smallest absolute Gasteiger partial charge is 0.0442 e. The van der Waals surface area contributed by atoms with Gasteiger partial charge in [0.1, 0.15) is 0 Å². The van der Waals surface area contributed by atoms with Crippen molar-refractivity contribution in [1.29, 1.82) is 0 Å². The van der Waals surface area contributed by atoms with Crippen LogP contribution in [0.2, 0.25) is 0 Å². The molecule has 3 rings (SSSR count). The first-order valence-corrected chi connectivity index (χ1v) is 7.99. The zero-order chi connectivity index (χ0) is 12.6. The fourth-order valence-electron chi connectivity index (χ4n) is 3.46. The molecule has 1 N–H and O–H groups in total. The van der Waals surface area contributed by atoms with Gasteiger partial charge in [0.05, 0.1) is 0 Å². The Labute approximate surface area is 127 Å². The molecule has 1 aromatic rings. The summed E-state index contributed by atoms with van der Waals surface area (Å²) in [6.45, 7) is 9.61. The average Bonchev–Trinajstić information content (AvgIpc) is 3.01. The minimum atomic E-state index is 0. The predicted octanol–water partition coefficient (Wildman–Crippen LogP) is 3.61. The summed E-state index contributed by atoms with van der Waals surface area (Å²) in [7, 11) is 0. The molecule has 0 aromatic carbocycles. The van der Waals surface area contributed by atoms with Crippen LogP contribution in [0, 0.1) is 12.3 Å². The average molecular weight is 301 g/mol. The van der Waals surface area contributed by atoms with Crippen molar-refractivity contribution >= 4 is 23.7 Å². The van der Waals surface area contributed by atoms with Gasteiger partial charge in [0, 0.05) is 28.9 Å². The zero-order valence-electron chi connectivity index (χ0n) is 11.9. The number of thiophene rings is 1. The van der Waals surface area contributed by atoms with Gasteiger partial charge in [-0.25, -0.2) is 0 Å². The van der Waals surface area contributed by atoms with Crippen molar-refractivity contribution in [1.82, 2.24) is 10.2 Å². The lowest BCUT2D eigenvalue weighted by Crippen LogP contribution is -2.36. The molecule has 0 bridgehead atoms. The second kappa shape index (κ2) is 6.13. The Hall–Kier alpha value is -0.0900. The number of likely N-dealkylation sites (tertiary alicyclic amines) is 1. The third-order valence-electron chi connectivity index (χ3n) is 4.50. The van der Waals surface area contributed by atoms with Crippen LogP contribution >= 0.6 is 23.7 Å². The van der Waals surface area contributed by atoms with E-state index in [1.807, 2.05) is 11.3 Å². The highest BCUT2D eigenvalue weighted by Gasteiger charge is 2.35. The van der Waals surface area contributed by atoms with Gasteiger partial charge in [-0.2, -0.15) is 0 Å². The Balaban J connectivity index is 0.00000133. The van der Waals surface area contributed by atoms with Crippen LogP contribution in [-0.2, 0) is 0 Å². The standard InChI is InChI=1S/C15H24N2S.ClH/c1-12-5-6-14(18-12)13-4-3-9-17(13)11-15(2)7-8-16-10-15;/h5-6,13,16H,3-4,7-11H2,1-2H3;1H. The number of nitrogens with one attached hydrogen (secondary N) is 1. The SMILES string of the molecule is Cc1ccc(C2CCCN2CC2(C)CCNC2)s1.Cl. The Bertz CT molecular complexity index is 412. The van der Waals surface area contributed by atoms with Gasteiger partial charge in [-0.3, -0.25) is 4.90 Å². The minimum Gasteiger partial charge on any atom is -0.316 e. The van der Waals surface area contributed by atoms with Crippen LogP contribution < -0.4 is 5.32 Å². The molecule has 2 saturated heterocycles. The van der Waals surface area contributed by atoms with Gasteiger partial charge in [0.2, 0.25) is 0 Å². The summed E-state index contributed by atoms with van der Waals surface area (Å²) in [5.74, 6) is 0. The van der Waals surface area contributed by atoms with Gasteiger partial charge in [-0.1, -0.05) is 6.92 Å². The molecule has 0 radical (unpaired) electrons. The summed E-state index contributed by atoms with van der Waals surface area (Å²) in [5, 5.41) is 3.52. The van der Waals surface area contributed by atoms with Crippen LogP contribution in [0.4, 0.5) is 0 Å². The molecule has 19 heavy (non-hydrogen) atoms. The summed E-state index contributed by atoms with van der Waals surface area (Å²) in [5.41, 5.74) is 0.495. The van der Waals surface area contributed by atoms with E-state index in [0.29, 0.717) is 11.5 Å². The molecule has 1 aromatic heterocycles. The maximum Gasteiger partial charge on any atom is 0.0442 e. The number of hydrogen-bond donors (Lipinski definition) is 1. The first-order valence-electron chi connectivity index (χ1n) is 7.17. The molecule has 2 aliphatic heterocycles. The molecule has 2 fully saturated rings. The van der Waals surface area contributed by atoms with E-state index in [2.05, 4.69) is 36.2 Å². The van der Waals surface area contributed by atoms with Crippen LogP contribution in [0.15, 0.2) is 12.1 Å². The van der Waals surface area contributed by atoms with Crippen LogP contribution in [0.1, 0.15) is 42.0 Å². The fraction of sp³-hybridized carbons (Fsp3) is 0.733. The van der Waals surface area contributed by atoms with E-state index in [-0.39, 0.29) is 12.4 Å². The molecule has 2 aliphatic rings. The Morgan fingerprint density at radius 2 is 2.32 bits per heavy atom. The molecule has 0 aliphatic carbocycles. The first-order chi connectivity index (χ1) is 8.66. The molecule has 0 saturated carbocycles. The van der Waals surface area contributed by atoms with E-state index in [1.54, 1.807) is 4.88 Å². The first kappa shape index (κ1) is 15.3. The van der Waals surface area contributed by atoms with Crippen molar-refractivity contribution in [3.05, 3.63) is 21.9 Å². The monoisotopic (exact) mass is 300 g/mol. The van der Waals surface area contributed by atoms with E-state index in [0.717, 1.165) is 0 Å². The second-order valence-electron chi connectivity index (χ2n) is 6.31. The maximum atomic E-state index is 3.52. The molecular formula is C15H25ClN2S. The number of halogens is 1. The van der Waals surface area contributed by atoms with Crippen molar-refractivity contribution < 1.29 is 0 Å². The van der Waals surface area contributed by atoms with E-state index >= 15 is 0 Å². The van der Waals surface area contributed by atoms with Crippen molar-refractivity contribution in [2.45, 2.75) is 39.2 Å². The minimum absolute atomic E-state index is 0. The molecule has 2 nitrogen and oxygen atoms in total. The van der Waals surface area contributed by atoms with Gasteiger partial charge >= 0.3 is 0 Å². The van der Waals surface area contributed by atoms with E-state index in [9.17, 15) is 0 Å². The lowest BCUT2D eigenvalue weighted by molar-refractivity contribution is 0.167. The molecule has 4 heteroatoms. The van der Waals surface area contributed by atoms with Crippen LogP contribution in [0.3, 0.4) is 0 Å². The van der Waals surface area contributed by atoms with Crippen molar-refractivity contribution in [2.24, 2.45) is 5.41 Å². The van der Waals surface area contributed by atoms with Crippen LogP contribution in [0.5, 0.6) is 0 Å². The molecule has 2 unspecified atom stereocenters. The molecule has 3 heterocycles. The van der Waals surface area contributed by atoms with Gasteiger partial charge in [0.25, 0.3) is 0 Å². The molecule has 0 amide bonds. The topological polar surface area (TPSA) is 15.3 Å². The lowest BCUT2D eigenvalue weighted by Gasteiger charge is -2.32. The van der Waals surface area contributed by atoms with Gasteiger partial charge in [0.15, 0.2) is 0 Å². The van der Waals surface area contributed by atoms with Crippen molar-refractivity contribution in [3.8, 4) is 0 Å². The van der Waals surface area contributed by atoms with E-state index < -0.39 is 0 Å². The highest BCUT2D eigenvalue weighted by atomic mass is 35.5. The molecular weight excluding hydrogens is 276 g/mol. The third-order valence-corrected chi connectivity index (χ3v) is 5.60. The van der Waals surface area contributed by atoms with Gasteiger partial charge in [-0.15, -0.1) is 23.7 Å².